The summed E-state index contributed by atoms with van der Waals surface area (Å²) >= 11 is 0. The molecule has 0 bridgehead atoms. The number of nitrogens with one attached hydrogen (secondary N) is 1. The lowest BCUT2D eigenvalue weighted by atomic mass is 10.1. The summed E-state index contributed by atoms with van der Waals surface area (Å²) < 4.78 is 0. The number of aromatic nitrogens is 2. The molecule has 1 aromatic rings. The molecule has 4 heteroatoms. The molecule has 0 unspecified atom stereocenters. The molecule has 0 atom stereocenters. The van der Waals surface area contributed by atoms with Crippen LogP contribution in [0.1, 0.15) is 23.9 Å². The van der Waals surface area contributed by atoms with E-state index in [1.807, 2.05) is 0 Å². The lowest BCUT2D eigenvalue weighted by Crippen LogP contribution is -2.29. The predicted molar refractivity (Wildman–Crippen MR) is 48.1 cm³/mol. The Hall–Kier alpha value is -1.32. The molecule has 2 rings (SSSR count). The Kier molecular flexibility index (Phi) is 2.04. The van der Waals surface area contributed by atoms with Gasteiger partial charge < -0.3 is 4.90 Å². The lowest BCUT2D eigenvalue weighted by Gasteiger charge is -2.22. The van der Waals surface area contributed by atoms with Crippen molar-refractivity contribution in [2.24, 2.45) is 0 Å². The van der Waals surface area contributed by atoms with Crippen LogP contribution in [0.5, 0.6) is 0 Å². The third-order valence-corrected chi connectivity index (χ3v) is 2.53. The zero-order chi connectivity index (χ0) is 9.26. The molecule has 0 fully saturated rings. The van der Waals surface area contributed by atoms with Gasteiger partial charge in [-0.3, -0.25) is 9.89 Å². The first-order valence-corrected chi connectivity index (χ1v) is 4.59. The maximum Gasteiger partial charge on any atom is 0.210 e. The molecular weight excluding hydrogens is 166 g/mol. The number of hydrogen-bond donors (Lipinski definition) is 1. The molecule has 1 aliphatic rings. The summed E-state index contributed by atoms with van der Waals surface area (Å²) in [6, 6.07) is 0. The normalized spacial score (nSPS) is 15.6. The summed E-state index contributed by atoms with van der Waals surface area (Å²) in [5.41, 5.74) is 3.53. The van der Waals surface area contributed by atoms with E-state index in [-0.39, 0.29) is 0 Å². The molecule has 0 saturated carbocycles. The van der Waals surface area contributed by atoms with Gasteiger partial charge in [0.05, 0.1) is 5.69 Å². The highest BCUT2D eigenvalue weighted by molar-refractivity contribution is 5.49. The van der Waals surface area contributed by atoms with Crippen LogP contribution in [0.15, 0.2) is 0 Å². The van der Waals surface area contributed by atoms with Crippen molar-refractivity contribution in [2.75, 3.05) is 6.54 Å². The Labute approximate surface area is 76.9 Å². The monoisotopic (exact) mass is 179 g/mol. The largest absolute Gasteiger partial charge is 0.340 e. The summed E-state index contributed by atoms with van der Waals surface area (Å²) in [5.74, 6) is 0. The van der Waals surface area contributed by atoms with Gasteiger partial charge in [-0.2, -0.15) is 5.10 Å². The van der Waals surface area contributed by atoms with Crippen LogP contribution in [0.3, 0.4) is 0 Å². The van der Waals surface area contributed by atoms with E-state index in [0.717, 1.165) is 38.0 Å². The maximum atomic E-state index is 10.6. The van der Waals surface area contributed by atoms with Crippen molar-refractivity contribution in [1.82, 2.24) is 15.1 Å². The van der Waals surface area contributed by atoms with Gasteiger partial charge in [-0.1, -0.05) is 6.92 Å². The number of aryl methyl sites for hydroxylation is 1. The van der Waals surface area contributed by atoms with Crippen molar-refractivity contribution in [3.63, 3.8) is 0 Å². The molecule has 1 aromatic heterocycles. The summed E-state index contributed by atoms with van der Waals surface area (Å²) in [5, 5.41) is 7.25. The summed E-state index contributed by atoms with van der Waals surface area (Å²) in [4.78, 5) is 12.4. The zero-order valence-electron chi connectivity index (χ0n) is 7.71. The van der Waals surface area contributed by atoms with Gasteiger partial charge in [-0.15, -0.1) is 0 Å². The first-order chi connectivity index (χ1) is 6.35. The van der Waals surface area contributed by atoms with Crippen LogP contribution in [0, 0.1) is 0 Å². The van der Waals surface area contributed by atoms with Crippen LogP contribution in [-0.2, 0) is 24.2 Å². The van der Waals surface area contributed by atoms with Gasteiger partial charge >= 0.3 is 0 Å². The van der Waals surface area contributed by atoms with Crippen molar-refractivity contribution in [1.29, 1.82) is 0 Å². The smallest absolute Gasteiger partial charge is 0.210 e. The summed E-state index contributed by atoms with van der Waals surface area (Å²) in [7, 11) is 0. The Morgan fingerprint density at radius 2 is 2.54 bits per heavy atom. The lowest BCUT2D eigenvalue weighted by molar-refractivity contribution is -0.118. The van der Waals surface area contributed by atoms with Gasteiger partial charge in [-0.25, -0.2) is 0 Å². The average Bonchev–Trinajstić information content (AvgIpc) is 2.59. The second-order valence-electron chi connectivity index (χ2n) is 3.31. The van der Waals surface area contributed by atoms with E-state index < -0.39 is 0 Å². The quantitative estimate of drug-likeness (QED) is 0.671. The van der Waals surface area contributed by atoms with Gasteiger partial charge in [0.1, 0.15) is 0 Å². The van der Waals surface area contributed by atoms with Crippen molar-refractivity contribution >= 4 is 6.41 Å². The highest BCUT2D eigenvalue weighted by Gasteiger charge is 2.19. The van der Waals surface area contributed by atoms with Crippen LogP contribution in [0.25, 0.3) is 0 Å². The topological polar surface area (TPSA) is 49.0 Å². The van der Waals surface area contributed by atoms with Gasteiger partial charge in [0.15, 0.2) is 0 Å². The van der Waals surface area contributed by atoms with Crippen LogP contribution >= 0.6 is 0 Å². The van der Waals surface area contributed by atoms with E-state index in [4.69, 9.17) is 0 Å². The van der Waals surface area contributed by atoms with E-state index in [1.165, 1.54) is 11.3 Å². The molecule has 0 aromatic carbocycles. The van der Waals surface area contributed by atoms with Crippen molar-refractivity contribution in [3.8, 4) is 0 Å². The number of amides is 1. The molecule has 0 saturated heterocycles. The van der Waals surface area contributed by atoms with Gasteiger partial charge in [0.2, 0.25) is 6.41 Å². The molecule has 70 valence electrons. The molecule has 2 heterocycles. The van der Waals surface area contributed by atoms with Crippen LogP contribution < -0.4 is 0 Å². The Morgan fingerprint density at radius 1 is 1.69 bits per heavy atom. The number of fused-ring (bicyclic) bond motifs is 1. The number of nitrogens with zero attached hydrogens (tertiary/aromatic N) is 2. The molecule has 0 spiro atoms. The van der Waals surface area contributed by atoms with E-state index >= 15 is 0 Å². The Morgan fingerprint density at radius 3 is 3.23 bits per heavy atom. The van der Waals surface area contributed by atoms with Gasteiger partial charge in [0.25, 0.3) is 0 Å². The second-order valence-corrected chi connectivity index (χ2v) is 3.31. The molecule has 13 heavy (non-hydrogen) atoms. The molecule has 0 aliphatic carbocycles. The van der Waals surface area contributed by atoms with Crippen LogP contribution in [0.4, 0.5) is 0 Å². The fourth-order valence-corrected chi connectivity index (χ4v) is 1.76. The maximum absolute atomic E-state index is 10.6. The van der Waals surface area contributed by atoms with Crippen molar-refractivity contribution in [2.45, 2.75) is 26.3 Å². The number of carbonyl (C=O) groups is 1. The number of hydrogen-bond acceptors (Lipinski definition) is 2. The number of carbonyl (C=O) groups excluding carboxylic acids is 1. The van der Waals surface area contributed by atoms with Crippen LogP contribution in [0.2, 0.25) is 0 Å². The van der Waals surface area contributed by atoms with E-state index in [2.05, 4.69) is 17.1 Å². The highest BCUT2D eigenvalue weighted by Crippen LogP contribution is 2.19. The van der Waals surface area contributed by atoms with E-state index in [9.17, 15) is 4.79 Å². The first-order valence-electron chi connectivity index (χ1n) is 4.59. The zero-order valence-corrected chi connectivity index (χ0v) is 7.71. The number of rotatable bonds is 2. The first kappa shape index (κ1) is 8.29. The minimum atomic E-state index is 0.721. The minimum absolute atomic E-state index is 0.721. The molecule has 0 radical (unpaired) electrons. The standard InChI is InChI=1S/C9H13N3O/c1-2-8-7-5-12(6-13)4-3-9(7)11-10-8/h6H,2-5H2,1H3,(H,10,11). The average molecular weight is 179 g/mol. The second kappa shape index (κ2) is 3.20. The predicted octanol–water partition coefficient (Wildman–Crippen LogP) is 0.487. The van der Waals surface area contributed by atoms with Crippen molar-refractivity contribution in [3.05, 3.63) is 17.0 Å². The minimum Gasteiger partial charge on any atom is -0.340 e. The fourth-order valence-electron chi connectivity index (χ4n) is 1.76. The molecular formula is C9H13N3O. The van der Waals surface area contributed by atoms with Crippen molar-refractivity contribution < 1.29 is 4.79 Å². The summed E-state index contributed by atoms with van der Waals surface area (Å²) in [6.45, 7) is 3.61. The molecule has 1 aliphatic heterocycles. The third kappa shape index (κ3) is 1.32. The van der Waals surface area contributed by atoms with E-state index in [0.29, 0.717) is 0 Å². The molecule has 1 N–H and O–H groups in total. The van der Waals surface area contributed by atoms with Crippen LogP contribution in [-0.4, -0.2) is 28.1 Å². The molecule has 4 nitrogen and oxygen atoms in total. The highest BCUT2D eigenvalue weighted by atomic mass is 16.1. The third-order valence-electron chi connectivity index (χ3n) is 2.53. The molecule has 1 amide bonds. The van der Waals surface area contributed by atoms with Gasteiger partial charge in [-0.05, 0) is 6.42 Å². The SMILES string of the molecule is CCc1n[nH]c2c1CN(C=O)CC2. The number of aromatic amines is 1. The number of H-pyrrole nitrogens is 1. The fraction of sp³-hybridized carbons (Fsp3) is 0.556. The summed E-state index contributed by atoms with van der Waals surface area (Å²) in [6.07, 6.45) is 2.75. The van der Waals surface area contributed by atoms with E-state index in [1.54, 1.807) is 4.90 Å². The Bertz CT molecular complexity index is 305. The Balaban J connectivity index is 2.30. The van der Waals surface area contributed by atoms with Gasteiger partial charge in [0, 0.05) is 30.8 Å².